The highest BCUT2D eigenvalue weighted by molar-refractivity contribution is 7.12. The lowest BCUT2D eigenvalue weighted by molar-refractivity contribution is 0.0534. The summed E-state index contributed by atoms with van der Waals surface area (Å²) >= 11 is 7.38. The van der Waals surface area contributed by atoms with E-state index in [1.165, 1.54) is 15.9 Å². The highest BCUT2D eigenvalue weighted by Crippen LogP contribution is 2.35. The summed E-state index contributed by atoms with van der Waals surface area (Å²) < 4.78 is 6.45. The maximum atomic E-state index is 13.0. The summed E-state index contributed by atoms with van der Waals surface area (Å²) in [6, 6.07) is 7.93. The van der Waals surface area contributed by atoms with Crippen LogP contribution in [0.2, 0.25) is 5.02 Å². The topological polar surface area (TPSA) is 71.8 Å². The molecule has 0 bridgehead atoms. The van der Waals surface area contributed by atoms with Gasteiger partial charge >= 0.3 is 6.03 Å². The molecule has 0 saturated carbocycles. The van der Waals surface area contributed by atoms with Gasteiger partial charge in [-0.25, -0.2) is 9.36 Å². The van der Waals surface area contributed by atoms with Gasteiger partial charge in [0.15, 0.2) is 0 Å². The van der Waals surface area contributed by atoms with Gasteiger partial charge in [0.1, 0.15) is 0 Å². The molecule has 1 amide bonds. The Morgan fingerprint density at radius 2 is 1.96 bits per heavy atom. The summed E-state index contributed by atoms with van der Waals surface area (Å²) in [7, 11) is 0. The summed E-state index contributed by atoms with van der Waals surface area (Å²) in [5, 5.41) is 13.5. The number of thiophene rings is 1. The Labute approximate surface area is 158 Å². The monoisotopic (exact) mass is 390 g/mol. The quantitative estimate of drug-likeness (QED) is 0.679. The Morgan fingerprint density at radius 1 is 1.19 bits per heavy atom. The first kappa shape index (κ1) is 17.1. The number of aromatic hydroxyl groups is 1. The number of rotatable bonds is 2. The summed E-state index contributed by atoms with van der Waals surface area (Å²) in [5.41, 5.74) is 0.537. The van der Waals surface area contributed by atoms with Gasteiger partial charge in [-0.15, -0.1) is 11.3 Å². The second kappa shape index (κ2) is 6.75. The predicted molar refractivity (Wildman–Crippen MR) is 99.6 cm³/mol. The van der Waals surface area contributed by atoms with Crippen molar-refractivity contribution in [3.63, 3.8) is 0 Å². The molecule has 4 rings (SSSR count). The Hall–Kier alpha value is -2.35. The van der Waals surface area contributed by atoms with Crippen molar-refractivity contribution in [2.75, 3.05) is 26.3 Å². The van der Waals surface area contributed by atoms with Crippen LogP contribution in [0.4, 0.5) is 4.79 Å². The SMILES string of the molecule is O=C(c1cccs1)c1c(O)n(C(=O)N2CCOCC2)c2ccc(Cl)cc12. The molecule has 0 spiro atoms. The van der Waals surface area contributed by atoms with Crippen LogP contribution in [0.25, 0.3) is 10.9 Å². The minimum atomic E-state index is -0.386. The maximum Gasteiger partial charge on any atom is 0.331 e. The molecular formula is C18H15ClN2O4S. The molecule has 1 saturated heterocycles. The average molecular weight is 391 g/mol. The lowest BCUT2D eigenvalue weighted by Gasteiger charge is -2.27. The third-order valence-corrected chi connectivity index (χ3v) is 5.45. The molecule has 26 heavy (non-hydrogen) atoms. The van der Waals surface area contributed by atoms with Gasteiger partial charge in [0.25, 0.3) is 0 Å². The van der Waals surface area contributed by atoms with Crippen LogP contribution in [0.1, 0.15) is 15.2 Å². The maximum absolute atomic E-state index is 13.0. The normalized spacial score (nSPS) is 14.7. The molecule has 0 atom stereocenters. The van der Waals surface area contributed by atoms with Crippen LogP contribution in [0, 0.1) is 0 Å². The Kier molecular flexibility index (Phi) is 4.44. The zero-order valence-corrected chi connectivity index (χ0v) is 15.2. The number of hydrogen-bond acceptors (Lipinski definition) is 5. The number of nitrogens with zero attached hydrogens (tertiary/aromatic N) is 2. The van der Waals surface area contributed by atoms with Crippen LogP contribution in [0.3, 0.4) is 0 Å². The van der Waals surface area contributed by atoms with Gasteiger partial charge in [-0.3, -0.25) is 4.79 Å². The lowest BCUT2D eigenvalue weighted by atomic mass is 10.1. The average Bonchev–Trinajstić information content (AvgIpc) is 3.27. The van der Waals surface area contributed by atoms with Crippen molar-refractivity contribution in [3.8, 4) is 5.88 Å². The van der Waals surface area contributed by atoms with E-state index < -0.39 is 0 Å². The number of halogens is 1. The number of ketones is 1. The number of aromatic nitrogens is 1. The molecule has 6 nitrogen and oxygen atoms in total. The minimum Gasteiger partial charge on any atom is -0.494 e. The zero-order chi connectivity index (χ0) is 18.3. The van der Waals surface area contributed by atoms with Gasteiger partial charge in [0.05, 0.1) is 29.2 Å². The van der Waals surface area contributed by atoms with Crippen LogP contribution in [-0.4, -0.2) is 52.7 Å². The lowest BCUT2D eigenvalue weighted by Crippen LogP contribution is -2.42. The molecule has 3 aromatic rings. The van der Waals surface area contributed by atoms with Crippen molar-refractivity contribution >= 4 is 45.7 Å². The van der Waals surface area contributed by atoms with E-state index in [4.69, 9.17) is 16.3 Å². The second-order valence-electron chi connectivity index (χ2n) is 5.88. The van der Waals surface area contributed by atoms with Crippen LogP contribution in [0.15, 0.2) is 35.7 Å². The molecular weight excluding hydrogens is 376 g/mol. The van der Waals surface area contributed by atoms with Gasteiger partial charge in [-0.05, 0) is 29.6 Å². The molecule has 134 valence electrons. The van der Waals surface area contributed by atoms with Gasteiger partial charge in [-0.2, -0.15) is 0 Å². The van der Waals surface area contributed by atoms with Crippen LogP contribution in [-0.2, 0) is 4.74 Å². The van der Waals surface area contributed by atoms with Crippen molar-refractivity contribution < 1.29 is 19.4 Å². The number of carbonyl (C=O) groups is 2. The number of morpholine rings is 1. The van der Waals surface area contributed by atoms with Gasteiger partial charge in [0, 0.05) is 23.5 Å². The smallest absolute Gasteiger partial charge is 0.331 e. The van der Waals surface area contributed by atoms with Crippen molar-refractivity contribution in [2.45, 2.75) is 0 Å². The molecule has 0 aliphatic carbocycles. The first-order chi connectivity index (χ1) is 12.6. The molecule has 1 fully saturated rings. The number of benzene rings is 1. The van der Waals surface area contributed by atoms with Crippen LogP contribution in [0.5, 0.6) is 5.88 Å². The highest BCUT2D eigenvalue weighted by Gasteiger charge is 2.29. The van der Waals surface area contributed by atoms with Crippen molar-refractivity contribution in [1.82, 2.24) is 9.47 Å². The van der Waals surface area contributed by atoms with Gasteiger partial charge in [0.2, 0.25) is 11.7 Å². The fourth-order valence-corrected chi connectivity index (χ4v) is 3.94. The summed E-state index contributed by atoms with van der Waals surface area (Å²) in [5.74, 6) is -0.699. The first-order valence-corrected chi connectivity index (χ1v) is 9.32. The van der Waals surface area contributed by atoms with E-state index in [1.54, 1.807) is 40.6 Å². The van der Waals surface area contributed by atoms with E-state index in [1.807, 2.05) is 0 Å². The van der Waals surface area contributed by atoms with E-state index in [9.17, 15) is 14.7 Å². The number of ether oxygens (including phenoxy) is 1. The number of carbonyl (C=O) groups excluding carboxylic acids is 2. The van der Waals surface area contributed by atoms with E-state index in [0.717, 1.165) is 0 Å². The fourth-order valence-electron chi connectivity index (χ4n) is 3.09. The molecule has 0 radical (unpaired) electrons. The fraction of sp³-hybridized carbons (Fsp3) is 0.222. The number of amides is 1. The predicted octanol–water partition coefficient (Wildman–Crippen LogP) is 3.59. The first-order valence-electron chi connectivity index (χ1n) is 8.06. The number of hydrogen-bond donors (Lipinski definition) is 1. The standard InChI is InChI=1S/C18H15ClN2O4S/c19-11-3-4-13-12(10-11)15(16(22)14-2-1-9-26-14)17(23)21(13)18(24)20-5-7-25-8-6-20/h1-4,9-10,23H,5-8H2. The van der Waals surface area contributed by atoms with Crippen LogP contribution >= 0.6 is 22.9 Å². The minimum absolute atomic E-state index is 0.0894. The van der Waals surface area contributed by atoms with Crippen molar-refractivity contribution in [2.24, 2.45) is 0 Å². The Bertz CT molecular complexity index is 990. The highest BCUT2D eigenvalue weighted by atomic mass is 35.5. The van der Waals surface area contributed by atoms with E-state index >= 15 is 0 Å². The molecule has 0 unspecified atom stereocenters. The van der Waals surface area contributed by atoms with Gasteiger partial charge in [-0.1, -0.05) is 17.7 Å². The molecule has 1 aliphatic heterocycles. The van der Waals surface area contributed by atoms with Gasteiger partial charge < -0.3 is 14.7 Å². The zero-order valence-electron chi connectivity index (χ0n) is 13.6. The van der Waals surface area contributed by atoms with Crippen LogP contribution < -0.4 is 0 Å². The van der Waals surface area contributed by atoms with Crippen molar-refractivity contribution in [1.29, 1.82) is 0 Å². The van der Waals surface area contributed by atoms with E-state index in [2.05, 4.69) is 0 Å². The van der Waals surface area contributed by atoms with Crippen molar-refractivity contribution in [3.05, 3.63) is 51.2 Å². The molecule has 1 N–H and O–H groups in total. The molecule has 1 aromatic carbocycles. The summed E-state index contributed by atoms with van der Waals surface area (Å²) in [6.45, 7) is 1.75. The Balaban J connectivity index is 1.89. The second-order valence-corrected chi connectivity index (χ2v) is 7.27. The third-order valence-electron chi connectivity index (χ3n) is 4.35. The van der Waals surface area contributed by atoms with E-state index in [0.29, 0.717) is 47.1 Å². The molecule has 1 aliphatic rings. The Morgan fingerprint density at radius 3 is 2.65 bits per heavy atom. The molecule has 2 aromatic heterocycles. The molecule has 3 heterocycles. The molecule has 8 heteroatoms. The third kappa shape index (κ3) is 2.78. The summed E-state index contributed by atoms with van der Waals surface area (Å²) in [6.07, 6.45) is 0. The number of fused-ring (bicyclic) bond motifs is 1. The van der Waals surface area contributed by atoms with E-state index in [-0.39, 0.29) is 23.3 Å². The largest absolute Gasteiger partial charge is 0.494 e. The summed E-state index contributed by atoms with van der Waals surface area (Å²) in [4.78, 5) is 28.0.